The summed E-state index contributed by atoms with van der Waals surface area (Å²) in [6, 6.07) is 0. The molecule has 0 unspecified atom stereocenters. The zero-order valence-corrected chi connectivity index (χ0v) is 6.36. The standard InChI is InChI=1S/C7H11F2NO/c1-5(11)2-6(10)3-7(8,9)4-6/h2-4,10H2,1H3. The van der Waals surface area contributed by atoms with Gasteiger partial charge in [-0.15, -0.1) is 0 Å². The van der Waals surface area contributed by atoms with E-state index in [0.29, 0.717) is 0 Å². The molecule has 1 aliphatic carbocycles. The molecule has 0 aromatic carbocycles. The van der Waals surface area contributed by atoms with Crippen LogP contribution in [0.3, 0.4) is 0 Å². The number of nitrogens with two attached hydrogens (primary N) is 1. The first-order chi connectivity index (χ1) is 4.83. The summed E-state index contributed by atoms with van der Waals surface area (Å²) in [5.74, 6) is -2.76. The Balaban J connectivity index is 2.43. The van der Waals surface area contributed by atoms with E-state index >= 15 is 0 Å². The summed E-state index contributed by atoms with van der Waals surface area (Å²) in [5, 5.41) is 0. The van der Waals surface area contributed by atoms with Crippen molar-refractivity contribution in [3.63, 3.8) is 0 Å². The monoisotopic (exact) mass is 163 g/mol. The van der Waals surface area contributed by atoms with Gasteiger partial charge in [0.05, 0.1) is 0 Å². The summed E-state index contributed by atoms with van der Waals surface area (Å²) in [5.41, 5.74) is 4.56. The molecule has 0 aromatic rings. The van der Waals surface area contributed by atoms with Crippen LogP contribution in [-0.2, 0) is 4.79 Å². The third kappa shape index (κ3) is 1.96. The predicted octanol–water partition coefficient (Wildman–Crippen LogP) is 1.09. The lowest BCUT2D eigenvalue weighted by Gasteiger charge is -2.43. The Hall–Kier alpha value is -0.510. The summed E-state index contributed by atoms with van der Waals surface area (Å²) in [6.07, 6.45) is -0.623. The van der Waals surface area contributed by atoms with Crippen LogP contribution in [0.4, 0.5) is 8.78 Å². The van der Waals surface area contributed by atoms with Gasteiger partial charge in [0.15, 0.2) is 0 Å². The molecule has 0 radical (unpaired) electrons. The van der Waals surface area contributed by atoms with Gasteiger partial charge in [-0.05, 0) is 6.92 Å². The van der Waals surface area contributed by atoms with Gasteiger partial charge in [-0.2, -0.15) is 0 Å². The van der Waals surface area contributed by atoms with Crippen LogP contribution < -0.4 is 5.73 Å². The Morgan fingerprint density at radius 2 is 2.00 bits per heavy atom. The first-order valence-corrected chi connectivity index (χ1v) is 3.49. The van der Waals surface area contributed by atoms with E-state index in [-0.39, 0.29) is 25.0 Å². The molecule has 1 aliphatic rings. The zero-order chi connectivity index (χ0) is 8.70. The molecular weight excluding hydrogens is 152 g/mol. The third-order valence-electron chi connectivity index (χ3n) is 1.82. The highest BCUT2D eigenvalue weighted by molar-refractivity contribution is 5.77. The molecule has 0 atom stereocenters. The van der Waals surface area contributed by atoms with Crippen molar-refractivity contribution in [3.05, 3.63) is 0 Å². The molecule has 1 rings (SSSR count). The van der Waals surface area contributed by atoms with E-state index in [2.05, 4.69) is 0 Å². The fourth-order valence-electron chi connectivity index (χ4n) is 1.60. The number of hydrogen-bond acceptors (Lipinski definition) is 2. The Morgan fingerprint density at radius 3 is 2.27 bits per heavy atom. The van der Waals surface area contributed by atoms with Gasteiger partial charge in [0.25, 0.3) is 5.92 Å². The molecule has 1 fully saturated rings. The van der Waals surface area contributed by atoms with Gasteiger partial charge in [-0.25, -0.2) is 8.78 Å². The maximum atomic E-state index is 12.3. The van der Waals surface area contributed by atoms with Crippen molar-refractivity contribution in [3.8, 4) is 0 Å². The van der Waals surface area contributed by atoms with E-state index in [9.17, 15) is 13.6 Å². The molecule has 0 amide bonds. The first-order valence-electron chi connectivity index (χ1n) is 3.49. The van der Waals surface area contributed by atoms with Crippen LogP contribution in [0.1, 0.15) is 26.2 Å². The summed E-state index contributed by atoms with van der Waals surface area (Å²) in [4.78, 5) is 10.5. The van der Waals surface area contributed by atoms with E-state index in [4.69, 9.17) is 5.73 Å². The van der Waals surface area contributed by atoms with Crippen LogP contribution in [0.25, 0.3) is 0 Å². The quantitative estimate of drug-likeness (QED) is 0.662. The average molecular weight is 163 g/mol. The van der Waals surface area contributed by atoms with Crippen molar-refractivity contribution in [1.82, 2.24) is 0 Å². The molecule has 0 spiro atoms. The zero-order valence-electron chi connectivity index (χ0n) is 6.36. The van der Waals surface area contributed by atoms with Gasteiger partial charge in [0.1, 0.15) is 5.78 Å². The molecule has 2 nitrogen and oxygen atoms in total. The minimum Gasteiger partial charge on any atom is -0.324 e. The number of Topliss-reactive ketones (excluding diaryl/α,β-unsaturated/α-hetero) is 1. The van der Waals surface area contributed by atoms with Gasteiger partial charge >= 0.3 is 0 Å². The predicted molar refractivity (Wildman–Crippen MR) is 36.4 cm³/mol. The smallest absolute Gasteiger partial charge is 0.251 e. The van der Waals surface area contributed by atoms with Crippen molar-refractivity contribution < 1.29 is 13.6 Å². The summed E-state index contributed by atoms with van der Waals surface area (Å²) in [7, 11) is 0. The highest BCUT2D eigenvalue weighted by Crippen LogP contribution is 2.45. The van der Waals surface area contributed by atoms with E-state index in [1.54, 1.807) is 0 Å². The van der Waals surface area contributed by atoms with Crippen molar-refractivity contribution in [2.75, 3.05) is 0 Å². The van der Waals surface area contributed by atoms with Crippen molar-refractivity contribution >= 4 is 5.78 Å². The molecule has 0 bridgehead atoms. The second kappa shape index (κ2) is 2.24. The minimum absolute atomic E-state index is 0.0720. The van der Waals surface area contributed by atoms with Crippen LogP contribution in [0.2, 0.25) is 0 Å². The Labute approximate surface area is 63.8 Å². The normalized spacial score (nSPS) is 25.8. The van der Waals surface area contributed by atoms with Crippen molar-refractivity contribution in [2.24, 2.45) is 5.73 Å². The van der Waals surface area contributed by atoms with Gasteiger partial charge in [-0.3, -0.25) is 4.79 Å². The van der Waals surface area contributed by atoms with E-state index < -0.39 is 11.5 Å². The van der Waals surface area contributed by atoms with Crippen LogP contribution in [0.5, 0.6) is 0 Å². The van der Waals surface area contributed by atoms with Crippen molar-refractivity contribution in [2.45, 2.75) is 37.6 Å². The number of alkyl halides is 2. The molecule has 11 heavy (non-hydrogen) atoms. The highest BCUT2D eigenvalue weighted by Gasteiger charge is 2.54. The second-order valence-corrected chi connectivity index (χ2v) is 3.45. The van der Waals surface area contributed by atoms with E-state index in [1.165, 1.54) is 6.92 Å². The van der Waals surface area contributed by atoms with Crippen LogP contribution in [0, 0.1) is 0 Å². The van der Waals surface area contributed by atoms with Crippen LogP contribution >= 0.6 is 0 Å². The number of carbonyl (C=O) groups is 1. The van der Waals surface area contributed by atoms with Crippen LogP contribution in [-0.4, -0.2) is 17.2 Å². The third-order valence-corrected chi connectivity index (χ3v) is 1.82. The van der Waals surface area contributed by atoms with Gasteiger partial charge < -0.3 is 5.73 Å². The molecule has 0 aliphatic heterocycles. The molecule has 1 saturated carbocycles. The number of carbonyl (C=O) groups excluding carboxylic acids is 1. The maximum Gasteiger partial charge on any atom is 0.251 e. The fraction of sp³-hybridized carbons (Fsp3) is 0.857. The topological polar surface area (TPSA) is 43.1 Å². The number of hydrogen-bond donors (Lipinski definition) is 1. The van der Waals surface area contributed by atoms with Gasteiger partial charge in [0.2, 0.25) is 0 Å². The Kier molecular flexibility index (Phi) is 1.75. The highest BCUT2D eigenvalue weighted by atomic mass is 19.3. The average Bonchev–Trinajstić information content (AvgIpc) is 1.52. The van der Waals surface area contributed by atoms with Crippen LogP contribution in [0.15, 0.2) is 0 Å². The first kappa shape index (κ1) is 8.59. The minimum atomic E-state index is -2.63. The summed E-state index contributed by atoms with van der Waals surface area (Å²) >= 11 is 0. The fourth-order valence-corrected chi connectivity index (χ4v) is 1.60. The summed E-state index contributed by atoms with van der Waals surface area (Å²) < 4.78 is 24.6. The lowest BCUT2D eigenvalue weighted by molar-refractivity contribution is -0.136. The molecule has 0 saturated heterocycles. The lowest BCUT2D eigenvalue weighted by Crippen LogP contribution is -2.58. The number of ketones is 1. The van der Waals surface area contributed by atoms with Crippen molar-refractivity contribution in [1.29, 1.82) is 0 Å². The molecule has 0 aromatic heterocycles. The number of rotatable bonds is 2. The van der Waals surface area contributed by atoms with E-state index in [1.807, 2.05) is 0 Å². The summed E-state index contributed by atoms with van der Waals surface area (Å²) in [6.45, 7) is 1.37. The largest absolute Gasteiger partial charge is 0.324 e. The second-order valence-electron chi connectivity index (χ2n) is 3.45. The Morgan fingerprint density at radius 1 is 1.55 bits per heavy atom. The molecule has 64 valence electrons. The number of halogens is 2. The molecule has 0 heterocycles. The Bertz CT molecular complexity index is 183. The van der Waals surface area contributed by atoms with E-state index in [0.717, 1.165) is 0 Å². The molecule has 4 heteroatoms. The van der Waals surface area contributed by atoms with Gasteiger partial charge in [0, 0.05) is 24.8 Å². The maximum absolute atomic E-state index is 12.3. The molecular formula is C7H11F2NO. The van der Waals surface area contributed by atoms with Gasteiger partial charge in [-0.1, -0.05) is 0 Å². The lowest BCUT2D eigenvalue weighted by atomic mass is 9.71. The molecule has 2 N–H and O–H groups in total. The SMILES string of the molecule is CC(=O)CC1(N)CC(F)(F)C1.